The normalized spacial score (nSPS) is 11.6. The summed E-state index contributed by atoms with van der Waals surface area (Å²) >= 11 is 0. The van der Waals surface area contributed by atoms with E-state index < -0.39 is 12.0 Å². The predicted molar refractivity (Wildman–Crippen MR) is 69.4 cm³/mol. The van der Waals surface area contributed by atoms with Gasteiger partial charge in [0.05, 0.1) is 0 Å². The molecular formula is C14H17NO3. The highest BCUT2D eigenvalue weighted by Gasteiger charge is 2.25. The van der Waals surface area contributed by atoms with Crippen molar-refractivity contribution in [2.45, 2.75) is 19.4 Å². The molecule has 0 aliphatic rings. The minimum Gasteiger partial charge on any atom is -0.480 e. The summed E-state index contributed by atoms with van der Waals surface area (Å²) in [5, 5.41) is 9.03. The lowest BCUT2D eigenvalue weighted by Crippen LogP contribution is -2.43. The third-order valence-corrected chi connectivity index (χ3v) is 2.68. The number of carbonyl (C=O) groups is 2. The van der Waals surface area contributed by atoms with Crippen molar-refractivity contribution >= 4 is 11.9 Å². The largest absolute Gasteiger partial charge is 0.480 e. The molecule has 1 atom stereocenters. The lowest BCUT2D eigenvalue weighted by atomic mass is 10.1. The Labute approximate surface area is 107 Å². The van der Waals surface area contributed by atoms with Crippen molar-refractivity contribution in [1.82, 2.24) is 4.90 Å². The van der Waals surface area contributed by atoms with Gasteiger partial charge in [0.25, 0.3) is 5.91 Å². The molecule has 0 saturated carbocycles. The van der Waals surface area contributed by atoms with Crippen LogP contribution in [0.25, 0.3) is 0 Å². The molecule has 4 heteroatoms. The molecule has 0 saturated heterocycles. The first kappa shape index (κ1) is 14.0. The van der Waals surface area contributed by atoms with Crippen molar-refractivity contribution in [3.8, 4) is 0 Å². The van der Waals surface area contributed by atoms with E-state index >= 15 is 0 Å². The predicted octanol–water partition coefficient (Wildman–Crippen LogP) is 2.18. The van der Waals surface area contributed by atoms with Gasteiger partial charge >= 0.3 is 5.97 Å². The number of carboxylic acids is 1. The van der Waals surface area contributed by atoms with E-state index in [0.717, 1.165) is 0 Å². The number of rotatable bonds is 6. The van der Waals surface area contributed by atoms with E-state index in [0.29, 0.717) is 18.5 Å². The highest BCUT2D eigenvalue weighted by atomic mass is 16.4. The van der Waals surface area contributed by atoms with Crippen molar-refractivity contribution in [3.05, 3.63) is 48.6 Å². The van der Waals surface area contributed by atoms with E-state index in [-0.39, 0.29) is 5.91 Å². The van der Waals surface area contributed by atoms with Crippen LogP contribution in [0.15, 0.2) is 43.0 Å². The van der Waals surface area contributed by atoms with Gasteiger partial charge in [-0.3, -0.25) is 4.79 Å². The van der Waals surface area contributed by atoms with Crippen LogP contribution in [0.1, 0.15) is 23.7 Å². The molecule has 1 N–H and O–H groups in total. The van der Waals surface area contributed by atoms with Gasteiger partial charge in [0.2, 0.25) is 0 Å². The first-order valence-corrected chi connectivity index (χ1v) is 5.77. The van der Waals surface area contributed by atoms with E-state index in [1.807, 2.05) is 6.07 Å². The molecule has 0 heterocycles. The van der Waals surface area contributed by atoms with Crippen LogP contribution < -0.4 is 0 Å². The van der Waals surface area contributed by atoms with Gasteiger partial charge in [-0.1, -0.05) is 24.3 Å². The van der Waals surface area contributed by atoms with Gasteiger partial charge in [-0.05, 0) is 25.5 Å². The van der Waals surface area contributed by atoms with Crippen LogP contribution >= 0.6 is 0 Å². The lowest BCUT2D eigenvalue weighted by molar-refractivity contribution is -0.141. The van der Waals surface area contributed by atoms with Crippen molar-refractivity contribution in [2.75, 3.05) is 6.54 Å². The van der Waals surface area contributed by atoms with Crippen molar-refractivity contribution in [3.63, 3.8) is 0 Å². The van der Waals surface area contributed by atoms with Gasteiger partial charge in [0.15, 0.2) is 0 Å². The summed E-state index contributed by atoms with van der Waals surface area (Å²) in [6, 6.07) is 7.83. The van der Waals surface area contributed by atoms with Crippen LogP contribution in [0.3, 0.4) is 0 Å². The Balaban J connectivity index is 2.92. The Kier molecular flexibility index (Phi) is 5.11. The maximum atomic E-state index is 12.2. The highest BCUT2D eigenvalue weighted by Crippen LogP contribution is 2.09. The fourth-order valence-corrected chi connectivity index (χ4v) is 1.58. The fourth-order valence-electron chi connectivity index (χ4n) is 1.58. The Morgan fingerprint density at radius 1 is 1.39 bits per heavy atom. The van der Waals surface area contributed by atoms with E-state index in [1.165, 1.54) is 11.8 Å². The van der Waals surface area contributed by atoms with Gasteiger partial charge in [0.1, 0.15) is 6.04 Å². The molecule has 18 heavy (non-hydrogen) atoms. The van der Waals surface area contributed by atoms with E-state index in [4.69, 9.17) is 5.11 Å². The van der Waals surface area contributed by atoms with Gasteiger partial charge in [-0.25, -0.2) is 4.79 Å². The number of carbonyl (C=O) groups excluding carboxylic acids is 1. The molecule has 0 spiro atoms. The summed E-state index contributed by atoms with van der Waals surface area (Å²) in [7, 11) is 0. The second-order valence-electron chi connectivity index (χ2n) is 3.96. The number of aliphatic carboxylic acids is 1. The molecule has 0 radical (unpaired) electrons. The molecule has 0 fully saturated rings. The van der Waals surface area contributed by atoms with E-state index in [1.54, 1.807) is 30.3 Å². The molecule has 1 aromatic rings. The molecule has 1 rings (SSSR count). The molecular weight excluding hydrogens is 230 g/mol. The second kappa shape index (κ2) is 6.59. The number of nitrogens with zero attached hydrogens (tertiary/aromatic N) is 1. The highest BCUT2D eigenvalue weighted by molar-refractivity contribution is 5.96. The maximum Gasteiger partial charge on any atom is 0.326 e. The lowest BCUT2D eigenvalue weighted by Gasteiger charge is -2.26. The maximum absolute atomic E-state index is 12.2. The molecule has 1 unspecified atom stereocenters. The Morgan fingerprint density at radius 2 is 2.00 bits per heavy atom. The minimum atomic E-state index is -1.01. The molecule has 4 nitrogen and oxygen atoms in total. The van der Waals surface area contributed by atoms with E-state index in [2.05, 4.69) is 6.58 Å². The topological polar surface area (TPSA) is 57.6 Å². The first-order chi connectivity index (χ1) is 8.57. The summed E-state index contributed by atoms with van der Waals surface area (Å²) in [6.45, 7) is 5.44. The third kappa shape index (κ3) is 3.45. The molecule has 96 valence electrons. The zero-order valence-corrected chi connectivity index (χ0v) is 10.4. The summed E-state index contributed by atoms with van der Waals surface area (Å²) in [6.07, 6.45) is 2.23. The molecule has 0 aliphatic carbocycles. The Bertz CT molecular complexity index is 428. The third-order valence-electron chi connectivity index (χ3n) is 2.68. The smallest absolute Gasteiger partial charge is 0.326 e. The molecule has 0 aromatic heterocycles. The molecule has 1 amide bonds. The van der Waals surface area contributed by atoms with Crippen LogP contribution in [-0.2, 0) is 4.79 Å². The Morgan fingerprint density at radius 3 is 2.50 bits per heavy atom. The second-order valence-corrected chi connectivity index (χ2v) is 3.96. The number of hydrogen-bond acceptors (Lipinski definition) is 2. The Hall–Kier alpha value is -2.10. The van der Waals surface area contributed by atoms with Crippen LogP contribution in [0.4, 0.5) is 0 Å². The fraction of sp³-hybridized carbons (Fsp3) is 0.286. The van der Waals surface area contributed by atoms with Crippen molar-refractivity contribution in [2.24, 2.45) is 0 Å². The van der Waals surface area contributed by atoms with Crippen LogP contribution in [-0.4, -0.2) is 34.5 Å². The quantitative estimate of drug-likeness (QED) is 0.784. The number of carboxylic acid groups (broad SMARTS) is 1. The average Bonchev–Trinajstić information content (AvgIpc) is 2.39. The van der Waals surface area contributed by atoms with Gasteiger partial charge in [-0.15, -0.1) is 6.58 Å². The number of benzene rings is 1. The minimum absolute atomic E-state index is 0.271. The molecule has 1 aromatic carbocycles. The SMILES string of the molecule is C=CCCN(C(=O)c1ccccc1)C(C)C(=O)O. The number of hydrogen-bond donors (Lipinski definition) is 1. The summed E-state index contributed by atoms with van der Waals surface area (Å²) in [5.41, 5.74) is 0.495. The zero-order chi connectivity index (χ0) is 13.5. The molecule has 0 bridgehead atoms. The summed E-state index contributed by atoms with van der Waals surface area (Å²) in [5.74, 6) is -1.28. The molecule has 0 aliphatic heterocycles. The van der Waals surface area contributed by atoms with Crippen molar-refractivity contribution < 1.29 is 14.7 Å². The van der Waals surface area contributed by atoms with Crippen LogP contribution in [0.5, 0.6) is 0 Å². The zero-order valence-electron chi connectivity index (χ0n) is 10.4. The van der Waals surface area contributed by atoms with Crippen LogP contribution in [0.2, 0.25) is 0 Å². The van der Waals surface area contributed by atoms with Crippen LogP contribution in [0, 0.1) is 0 Å². The monoisotopic (exact) mass is 247 g/mol. The first-order valence-electron chi connectivity index (χ1n) is 5.77. The standard InChI is InChI=1S/C14H17NO3/c1-3-4-10-15(11(2)14(17)18)13(16)12-8-6-5-7-9-12/h3,5-9,11H,1,4,10H2,2H3,(H,17,18). The summed E-state index contributed by atoms with van der Waals surface area (Å²) in [4.78, 5) is 24.6. The van der Waals surface area contributed by atoms with E-state index in [9.17, 15) is 9.59 Å². The van der Waals surface area contributed by atoms with Crippen molar-refractivity contribution in [1.29, 1.82) is 0 Å². The van der Waals surface area contributed by atoms with Gasteiger partial charge in [0, 0.05) is 12.1 Å². The average molecular weight is 247 g/mol. The van der Waals surface area contributed by atoms with Gasteiger partial charge in [-0.2, -0.15) is 0 Å². The van der Waals surface area contributed by atoms with Gasteiger partial charge < -0.3 is 10.0 Å². The number of amides is 1. The summed E-state index contributed by atoms with van der Waals surface area (Å²) < 4.78 is 0.